The van der Waals surface area contributed by atoms with Crippen molar-refractivity contribution in [2.45, 2.75) is 61.8 Å². The summed E-state index contributed by atoms with van der Waals surface area (Å²) in [6.07, 6.45) is -0.913. The fraction of sp³-hybridized carbons (Fsp3) is 0.343. The van der Waals surface area contributed by atoms with Gasteiger partial charge >= 0.3 is 6.18 Å². The smallest absolute Gasteiger partial charge is 0.416 e. The highest BCUT2D eigenvalue weighted by Crippen LogP contribution is 2.35. The molecule has 242 valence electrons. The first kappa shape index (κ1) is 32.0. The minimum absolute atomic E-state index is 0.0315. The van der Waals surface area contributed by atoms with E-state index in [0.29, 0.717) is 24.2 Å². The van der Waals surface area contributed by atoms with Crippen molar-refractivity contribution >= 4 is 26.7 Å². The molecule has 4 aromatic rings. The maximum Gasteiger partial charge on any atom is 0.416 e. The second-order valence-corrected chi connectivity index (χ2v) is 13.7. The van der Waals surface area contributed by atoms with Gasteiger partial charge in [-0.1, -0.05) is 61.0 Å². The Labute approximate surface area is 266 Å². The van der Waals surface area contributed by atoms with E-state index < -0.39 is 40.1 Å². The van der Waals surface area contributed by atoms with Crippen molar-refractivity contribution in [2.75, 3.05) is 19.7 Å². The van der Waals surface area contributed by atoms with Crippen LogP contribution in [0.5, 0.6) is 5.75 Å². The Balaban J connectivity index is 1.22. The normalized spacial score (nSPS) is 18.0. The number of rotatable bonds is 9. The highest BCUT2D eigenvalue weighted by Gasteiger charge is 2.33. The molecule has 2 aliphatic rings. The molecule has 2 atom stereocenters. The van der Waals surface area contributed by atoms with Crippen molar-refractivity contribution in [1.29, 1.82) is 0 Å². The molecule has 2 N–H and O–H groups in total. The lowest BCUT2D eigenvalue weighted by Gasteiger charge is -2.29. The number of sulfonamides is 1. The number of carbonyl (C=O) groups is 1. The Kier molecular flexibility index (Phi) is 9.35. The van der Waals surface area contributed by atoms with E-state index in [1.54, 1.807) is 18.2 Å². The number of halogens is 3. The molecule has 0 bridgehead atoms. The van der Waals surface area contributed by atoms with E-state index in [-0.39, 0.29) is 16.5 Å². The van der Waals surface area contributed by atoms with Crippen LogP contribution in [0.1, 0.15) is 66.4 Å². The summed E-state index contributed by atoms with van der Waals surface area (Å²) in [5, 5.41) is 4.51. The van der Waals surface area contributed by atoms with Gasteiger partial charge in [0.25, 0.3) is 0 Å². The zero-order valence-electron chi connectivity index (χ0n) is 25.2. The van der Waals surface area contributed by atoms with Gasteiger partial charge in [0.15, 0.2) is 0 Å². The standard InChI is InChI=1S/C35H36F3N3O4S/c36-35(37,38)28-10-6-9-27(20-28)32(40-46(43,44)29-13-12-25-7-2-3-8-26(25)21-29)22-34(42)39-31-15-18-45-33-19-24(11-14-30(31)33)23-41-16-4-1-5-17-41/h2-3,6-14,19-21,31-32,40H,1,4-5,15-18,22-23H2,(H,39,42). The van der Waals surface area contributed by atoms with Gasteiger partial charge in [-0.15, -0.1) is 0 Å². The first-order valence-electron chi connectivity index (χ1n) is 15.5. The van der Waals surface area contributed by atoms with E-state index in [1.165, 1.54) is 43.5 Å². The summed E-state index contributed by atoms with van der Waals surface area (Å²) in [7, 11) is -4.23. The van der Waals surface area contributed by atoms with Crippen molar-refractivity contribution in [3.63, 3.8) is 0 Å². The van der Waals surface area contributed by atoms with E-state index >= 15 is 0 Å². The summed E-state index contributed by atoms with van der Waals surface area (Å²) < 4.78 is 76.5. The molecule has 0 saturated carbocycles. The third-order valence-corrected chi connectivity index (χ3v) is 10.1. The monoisotopic (exact) mass is 651 g/mol. The number of hydrogen-bond donors (Lipinski definition) is 2. The summed E-state index contributed by atoms with van der Waals surface area (Å²) in [5.74, 6) is 0.191. The van der Waals surface area contributed by atoms with Crippen molar-refractivity contribution in [3.05, 3.63) is 107 Å². The second kappa shape index (κ2) is 13.4. The van der Waals surface area contributed by atoms with Crippen LogP contribution in [0.2, 0.25) is 0 Å². The van der Waals surface area contributed by atoms with Crippen molar-refractivity contribution in [3.8, 4) is 5.75 Å². The van der Waals surface area contributed by atoms with Crippen LogP contribution in [-0.4, -0.2) is 38.9 Å². The van der Waals surface area contributed by atoms with Crippen LogP contribution in [0, 0.1) is 0 Å². The number of amides is 1. The fourth-order valence-corrected chi connectivity index (χ4v) is 7.51. The maximum atomic E-state index is 13.6. The molecule has 0 radical (unpaired) electrons. The predicted octanol–water partition coefficient (Wildman–Crippen LogP) is 6.89. The summed E-state index contributed by atoms with van der Waals surface area (Å²) in [5.41, 5.74) is 1.04. The van der Waals surface area contributed by atoms with E-state index in [1.807, 2.05) is 30.3 Å². The first-order valence-corrected chi connectivity index (χ1v) is 17.0. The Morgan fingerprint density at radius 2 is 1.70 bits per heavy atom. The highest BCUT2D eigenvalue weighted by molar-refractivity contribution is 7.89. The van der Waals surface area contributed by atoms with Crippen LogP contribution >= 0.6 is 0 Å². The van der Waals surface area contributed by atoms with Crippen molar-refractivity contribution < 1.29 is 31.1 Å². The zero-order chi connectivity index (χ0) is 32.3. The largest absolute Gasteiger partial charge is 0.493 e. The second-order valence-electron chi connectivity index (χ2n) is 12.0. The predicted molar refractivity (Wildman–Crippen MR) is 170 cm³/mol. The van der Waals surface area contributed by atoms with Gasteiger partial charge in [0.1, 0.15) is 5.75 Å². The van der Waals surface area contributed by atoms with Crippen LogP contribution < -0.4 is 14.8 Å². The quantitative estimate of drug-likeness (QED) is 0.206. The van der Waals surface area contributed by atoms with Crippen LogP contribution in [-0.2, 0) is 27.5 Å². The summed E-state index contributed by atoms with van der Waals surface area (Å²) in [4.78, 5) is 15.9. The average molecular weight is 652 g/mol. The van der Waals surface area contributed by atoms with Crippen LogP contribution in [0.15, 0.2) is 89.8 Å². The number of piperidine rings is 1. The molecule has 4 aromatic carbocycles. The van der Waals surface area contributed by atoms with Gasteiger partial charge in [-0.3, -0.25) is 9.69 Å². The number of alkyl halides is 3. The van der Waals surface area contributed by atoms with Crippen LogP contribution in [0.25, 0.3) is 10.8 Å². The summed E-state index contributed by atoms with van der Waals surface area (Å²) in [6, 6.07) is 20.6. The Morgan fingerprint density at radius 3 is 2.48 bits per heavy atom. The van der Waals surface area contributed by atoms with Crippen LogP contribution in [0.3, 0.4) is 0 Å². The van der Waals surface area contributed by atoms with Gasteiger partial charge in [0, 0.05) is 24.9 Å². The molecular formula is C35H36F3N3O4S. The Hall–Kier alpha value is -3.93. The molecule has 6 rings (SSSR count). The number of carbonyl (C=O) groups excluding carboxylic acids is 1. The maximum absolute atomic E-state index is 13.6. The number of hydrogen-bond acceptors (Lipinski definition) is 5. The van der Waals surface area contributed by atoms with Gasteiger partial charge in [-0.05, 0) is 78.2 Å². The summed E-state index contributed by atoms with van der Waals surface area (Å²) >= 11 is 0. The molecule has 2 unspecified atom stereocenters. The first-order chi connectivity index (χ1) is 22.0. The van der Waals surface area contributed by atoms with Gasteiger partial charge < -0.3 is 10.1 Å². The third-order valence-electron chi connectivity index (χ3n) is 8.64. The van der Waals surface area contributed by atoms with Gasteiger partial charge in [-0.2, -0.15) is 13.2 Å². The van der Waals surface area contributed by atoms with E-state index in [4.69, 9.17) is 4.74 Å². The van der Waals surface area contributed by atoms with E-state index in [2.05, 4.69) is 14.9 Å². The average Bonchev–Trinajstić information content (AvgIpc) is 3.04. The van der Waals surface area contributed by atoms with Gasteiger partial charge in [0.2, 0.25) is 15.9 Å². The molecule has 0 spiro atoms. The number of nitrogens with one attached hydrogen (secondary N) is 2. The molecule has 2 heterocycles. The van der Waals surface area contributed by atoms with E-state index in [9.17, 15) is 26.4 Å². The topological polar surface area (TPSA) is 87.7 Å². The molecule has 0 aliphatic carbocycles. The number of fused-ring (bicyclic) bond motifs is 2. The number of ether oxygens (including phenoxy) is 1. The highest BCUT2D eigenvalue weighted by atomic mass is 32.2. The van der Waals surface area contributed by atoms with Crippen LogP contribution in [0.4, 0.5) is 13.2 Å². The zero-order valence-corrected chi connectivity index (χ0v) is 26.0. The molecule has 1 saturated heterocycles. The minimum atomic E-state index is -4.64. The van der Waals surface area contributed by atoms with Crippen molar-refractivity contribution in [2.24, 2.45) is 0 Å². The van der Waals surface area contributed by atoms with E-state index in [0.717, 1.165) is 48.3 Å². The van der Waals surface area contributed by atoms with Gasteiger partial charge in [0.05, 0.1) is 29.1 Å². The number of likely N-dealkylation sites (tertiary alicyclic amines) is 1. The SMILES string of the molecule is O=C(CC(NS(=O)(=O)c1ccc2ccccc2c1)c1cccc(C(F)(F)F)c1)NC1CCOc2cc(CN3CCCCC3)ccc21. The molecule has 2 aliphatic heterocycles. The molecule has 0 aromatic heterocycles. The lowest BCUT2D eigenvalue weighted by molar-refractivity contribution is -0.137. The number of benzene rings is 4. The molecule has 1 amide bonds. The molecule has 7 nitrogen and oxygen atoms in total. The minimum Gasteiger partial charge on any atom is -0.493 e. The Morgan fingerprint density at radius 1 is 0.913 bits per heavy atom. The summed E-state index contributed by atoms with van der Waals surface area (Å²) in [6.45, 7) is 3.34. The van der Waals surface area contributed by atoms with Crippen molar-refractivity contribution in [1.82, 2.24) is 14.9 Å². The number of nitrogens with zero attached hydrogens (tertiary/aromatic N) is 1. The lowest BCUT2D eigenvalue weighted by atomic mass is 9.97. The Bertz CT molecular complexity index is 1820. The molecule has 11 heteroatoms. The fourth-order valence-electron chi connectivity index (χ4n) is 6.25. The molecule has 1 fully saturated rings. The lowest BCUT2D eigenvalue weighted by Crippen LogP contribution is -2.36. The molecular weight excluding hydrogens is 615 g/mol. The van der Waals surface area contributed by atoms with Gasteiger partial charge in [-0.25, -0.2) is 13.1 Å². The third kappa shape index (κ3) is 7.54. The molecule has 46 heavy (non-hydrogen) atoms.